The molecule has 0 fully saturated rings. The maximum absolute atomic E-state index is 12.5. The molecule has 0 atom stereocenters. The summed E-state index contributed by atoms with van der Waals surface area (Å²) in [5, 5.41) is 0. The van der Waals surface area contributed by atoms with Crippen molar-refractivity contribution in [3.05, 3.63) is 35.5 Å². The Labute approximate surface area is 142 Å². The third-order valence-electron chi connectivity index (χ3n) is 3.53. The second kappa shape index (κ2) is 7.91. The minimum Gasteiger partial charge on any atom is -0.493 e. The second-order valence-corrected chi connectivity index (χ2v) is 5.25. The Kier molecular flexibility index (Phi) is 5.89. The summed E-state index contributed by atoms with van der Waals surface area (Å²) in [7, 11) is 1.45. The Hall–Kier alpha value is -2.71. The van der Waals surface area contributed by atoms with Crippen molar-refractivity contribution >= 4 is 11.7 Å². The minimum atomic E-state index is -4.93. The van der Waals surface area contributed by atoms with E-state index in [-0.39, 0.29) is 30.7 Å². The monoisotopic (exact) mass is 358 g/mol. The SMILES string of the molecule is COc1ccccc1OCC(=O)NNC1=C(C(=O)C(F)(F)F)CCC1. The smallest absolute Gasteiger partial charge is 0.454 e. The van der Waals surface area contributed by atoms with Crippen LogP contribution in [-0.2, 0) is 9.59 Å². The lowest BCUT2D eigenvalue weighted by molar-refractivity contribution is -0.166. The number of rotatable bonds is 7. The van der Waals surface area contributed by atoms with E-state index in [0.29, 0.717) is 17.9 Å². The summed E-state index contributed by atoms with van der Waals surface area (Å²) in [6.45, 7) is -0.372. The molecule has 0 bridgehead atoms. The molecule has 0 aromatic heterocycles. The van der Waals surface area contributed by atoms with Crippen molar-refractivity contribution < 1.29 is 32.2 Å². The largest absolute Gasteiger partial charge is 0.493 e. The lowest BCUT2D eigenvalue weighted by atomic mass is 10.1. The van der Waals surface area contributed by atoms with E-state index in [2.05, 4.69) is 10.9 Å². The molecule has 0 heterocycles. The van der Waals surface area contributed by atoms with Gasteiger partial charge in [0.15, 0.2) is 18.1 Å². The molecule has 1 aromatic rings. The Morgan fingerprint density at radius 1 is 1.16 bits per heavy atom. The number of amides is 1. The van der Waals surface area contributed by atoms with Crippen LogP contribution in [0.2, 0.25) is 0 Å². The first-order valence-corrected chi connectivity index (χ1v) is 7.47. The quantitative estimate of drug-likeness (QED) is 0.732. The first-order valence-electron chi connectivity index (χ1n) is 7.47. The third kappa shape index (κ3) is 4.88. The number of Topliss-reactive ketones (excluding diaryl/α,β-unsaturated/α-hetero) is 1. The second-order valence-electron chi connectivity index (χ2n) is 5.25. The summed E-state index contributed by atoms with van der Waals surface area (Å²) in [6.07, 6.45) is -4.24. The predicted molar refractivity (Wildman–Crippen MR) is 81.7 cm³/mol. The number of nitrogens with one attached hydrogen (secondary N) is 2. The lowest BCUT2D eigenvalue weighted by Gasteiger charge is -2.13. The number of carbonyl (C=O) groups excluding carboxylic acids is 2. The molecule has 9 heteroatoms. The molecule has 1 aliphatic carbocycles. The standard InChI is InChI=1S/C16H17F3N2O4/c1-24-12-7-2-3-8-13(12)25-9-14(22)21-20-11-6-4-5-10(11)15(23)16(17,18)19/h2-3,7-8,20H,4-6,9H2,1H3,(H,21,22). The maximum atomic E-state index is 12.5. The molecule has 1 aliphatic rings. The van der Waals surface area contributed by atoms with Gasteiger partial charge in [-0.3, -0.25) is 15.0 Å². The fraction of sp³-hybridized carbons (Fsp3) is 0.375. The Morgan fingerprint density at radius 3 is 2.48 bits per heavy atom. The number of hydrazine groups is 1. The van der Waals surface area contributed by atoms with E-state index in [1.807, 2.05) is 0 Å². The number of ketones is 1. The van der Waals surface area contributed by atoms with Gasteiger partial charge in [0.2, 0.25) is 0 Å². The fourth-order valence-electron chi connectivity index (χ4n) is 2.37. The van der Waals surface area contributed by atoms with Gasteiger partial charge in [0, 0.05) is 11.3 Å². The first-order chi connectivity index (χ1) is 11.8. The van der Waals surface area contributed by atoms with Gasteiger partial charge in [0.05, 0.1) is 7.11 Å². The van der Waals surface area contributed by atoms with Gasteiger partial charge in [0.25, 0.3) is 11.7 Å². The Bertz CT molecular complexity index is 686. The molecule has 0 saturated carbocycles. The summed E-state index contributed by atoms with van der Waals surface area (Å²) < 4.78 is 47.9. The highest BCUT2D eigenvalue weighted by Gasteiger charge is 2.42. The molecular weight excluding hydrogens is 341 g/mol. The maximum Gasteiger partial charge on any atom is 0.454 e. The molecule has 0 spiro atoms. The van der Waals surface area contributed by atoms with Gasteiger partial charge in [-0.15, -0.1) is 0 Å². The minimum absolute atomic E-state index is 0.0221. The fourth-order valence-corrected chi connectivity index (χ4v) is 2.37. The van der Waals surface area contributed by atoms with E-state index in [1.165, 1.54) is 7.11 Å². The lowest BCUT2D eigenvalue weighted by Crippen LogP contribution is -2.40. The number of benzene rings is 1. The van der Waals surface area contributed by atoms with Gasteiger partial charge in [0.1, 0.15) is 0 Å². The molecule has 1 amide bonds. The van der Waals surface area contributed by atoms with E-state index in [0.717, 1.165) is 0 Å². The number of para-hydroxylation sites is 2. The van der Waals surface area contributed by atoms with Crippen LogP contribution in [0.3, 0.4) is 0 Å². The van der Waals surface area contributed by atoms with Crippen molar-refractivity contribution in [2.45, 2.75) is 25.4 Å². The number of allylic oxidation sites excluding steroid dienone is 2. The zero-order valence-electron chi connectivity index (χ0n) is 13.4. The van der Waals surface area contributed by atoms with Gasteiger partial charge in [-0.2, -0.15) is 13.2 Å². The van der Waals surface area contributed by atoms with E-state index < -0.39 is 17.9 Å². The van der Waals surface area contributed by atoms with Crippen molar-refractivity contribution in [1.82, 2.24) is 10.9 Å². The van der Waals surface area contributed by atoms with Crippen LogP contribution >= 0.6 is 0 Å². The molecule has 25 heavy (non-hydrogen) atoms. The number of hydrogen-bond acceptors (Lipinski definition) is 5. The van der Waals surface area contributed by atoms with Crippen LogP contribution in [0.4, 0.5) is 13.2 Å². The molecule has 0 saturated heterocycles. The number of halogens is 3. The molecule has 0 radical (unpaired) electrons. The predicted octanol–water partition coefficient (Wildman–Crippen LogP) is 2.26. The average molecular weight is 358 g/mol. The number of methoxy groups -OCH3 is 1. The highest BCUT2D eigenvalue weighted by atomic mass is 19.4. The van der Waals surface area contributed by atoms with Crippen LogP contribution in [0.1, 0.15) is 19.3 Å². The van der Waals surface area contributed by atoms with Crippen LogP contribution in [0, 0.1) is 0 Å². The number of ether oxygens (including phenoxy) is 2. The van der Waals surface area contributed by atoms with Crippen LogP contribution in [0.15, 0.2) is 35.5 Å². The summed E-state index contributed by atoms with van der Waals surface area (Å²) in [6, 6.07) is 6.70. The average Bonchev–Trinajstić information content (AvgIpc) is 3.05. The summed E-state index contributed by atoms with van der Waals surface area (Å²) >= 11 is 0. The molecular formula is C16H17F3N2O4. The van der Waals surface area contributed by atoms with E-state index in [4.69, 9.17) is 9.47 Å². The van der Waals surface area contributed by atoms with Crippen molar-refractivity contribution in [2.75, 3.05) is 13.7 Å². The van der Waals surface area contributed by atoms with Crippen LogP contribution in [0.25, 0.3) is 0 Å². The summed E-state index contributed by atoms with van der Waals surface area (Å²) in [5.74, 6) is -1.69. The van der Waals surface area contributed by atoms with Crippen molar-refractivity contribution in [3.63, 3.8) is 0 Å². The van der Waals surface area contributed by atoms with Gasteiger partial charge in [-0.25, -0.2) is 0 Å². The summed E-state index contributed by atoms with van der Waals surface area (Å²) in [5.41, 5.74) is 4.36. The van der Waals surface area contributed by atoms with Gasteiger partial charge in [-0.05, 0) is 31.4 Å². The van der Waals surface area contributed by atoms with E-state index >= 15 is 0 Å². The summed E-state index contributed by atoms with van der Waals surface area (Å²) in [4.78, 5) is 23.1. The van der Waals surface area contributed by atoms with Gasteiger partial charge < -0.3 is 14.9 Å². The van der Waals surface area contributed by atoms with E-state index in [1.54, 1.807) is 24.3 Å². The van der Waals surface area contributed by atoms with Crippen LogP contribution in [-0.4, -0.2) is 31.6 Å². The first kappa shape index (κ1) is 18.6. The third-order valence-corrected chi connectivity index (χ3v) is 3.53. The van der Waals surface area contributed by atoms with Crippen molar-refractivity contribution in [1.29, 1.82) is 0 Å². The molecule has 2 N–H and O–H groups in total. The number of alkyl halides is 3. The molecule has 0 aliphatic heterocycles. The van der Waals surface area contributed by atoms with Crippen molar-refractivity contribution in [2.24, 2.45) is 0 Å². The zero-order valence-corrected chi connectivity index (χ0v) is 13.4. The molecule has 136 valence electrons. The van der Waals surface area contributed by atoms with Gasteiger partial charge >= 0.3 is 6.18 Å². The molecule has 6 nitrogen and oxygen atoms in total. The highest BCUT2D eigenvalue weighted by molar-refractivity contribution is 6.00. The number of carbonyl (C=O) groups is 2. The number of hydrogen-bond donors (Lipinski definition) is 2. The Balaban J connectivity index is 1.90. The van der Waals surface area contributed by atoms with Crippen LogP contribution < -0.4 is 20.3 Å². The van der Waals surface area contributed by atoms with E-state index in [9.17, 15) is 22.8 Å². The topological polar surface area (TPSA) is 76.7 Å². The molecule has 0 unspecified atom stereocenters. The van der Waals surface area contributed by atoms with Crippen molar-refractivity contribution in [3.8, 4) is 11.5 Å². The molecule has 1 aromatic carbocycles. The highest BCUT2D eigenvalue weighted by Crippen LogP contribution is 2.31. The van der Waals surface area contributed by atoms with Gasteiger partial charge in [-0.1, -0.05) is 12.1 Å². The Morgan fingerprint density at radius 2 is 1.84 bits per heavy atom. The normalized spacial score (nSPS) is 14.2. The van der Waals surface area contributed by atoms with Crippen LogP contribution in [0.5, 0.6) is 11.5 Å². The molecule has 2 rings (SSSR count). The zero-order chi connectivity index (χ0) is 18.4.